The number of nitrogens with two attached hydrogens (primary N) is 1. The van der Waals surface area contributed by atoms with Gasteiger partial charge in [-0.2, -0.15) is 0 Å². The zero-order chi connectivity index (χ0) is 9.56. The van der Waals surface area contributed by atoms with Crippen molar-refractivity contribution in [2.24, 2.45) is 10.7 Å². The van der Waals surface area contributed by atoms with Crippen molar-refractivity contribution in [1.29, 1.82) is 0 Å². The summed E-state index contributed by atoms with van der Waals surface area (Å²) in [6.45, 7) is 0. The zero-order valence-corrected chi connectivity index (χ0v) is 6.56. The smallest absolute Gasteiger partial charge is 0.305 e. The number of nitrogens with zero attached hydrogens (tertiary/aromatic N) is 2. The summed E-state index contributed by atoms with van der Waals surface area (Å²) in [7, 11) is 1.39. The number of allylic oxidation sites excluding steroid dienone is 2. The normalized spacial score (nSPS) is 12.8. The lowest BCUT2D eigenvalue weighted by Crippen LogP contribution is -2.11. The van der Waals surface area contributed by atoms with E-state index in [2.05, 4.69) is 4.99 Å². The summed E-state index contributed by atoms with van der Waals surface area (Å²) in [6.07, 6.45) is 1.36. The Bertz CT molecular complexity index is 244. The third kappa shape index (κ3) is 2.91. The van der Waals surface area contributed by atoms with Crippen molar-refractivity contribution in [2.75, 3.05) is 7.05 Å². The maximum Gasteiger partial charge on any atom is 0.305 e. The van der Waals surface area contributed by atoms with Crippen molar-refractivity contribution in [3.05, 3.63) is 21.5 Å². The number of hydrogen-bond acceptors (Lipinski definition) is 5. The van der Waals surface area contributed by atoms with Crippen molar-refractivity contribution in [1.82, 2.24) is 0 Å². The molecular formula is C6H9N3O3. The molecule has 66 valence electrons. The Morgan fingerprint density at radius 1 is 1.75 bits per heavy atom. The van der Waals surface area contributed by atoms with E-state index in [0.29, 0.717) is 6.29 Å². The van der Waals surface area contributed by atoms with Crippen LogP contribution >= 0.6 is 0 Å². The summed E-state index contributed by atoms with van der Waals surface area (Å²) in [4.78, 5) is 23.0. The molecule has 0 bridgehead atoms. The van der Waals surface area contributed by atoms with Gasteiger partial charge in [0.1, 0.15) is 12.5 Å². The van der Waals surface area contributed by atoms with Gasteiger partial charge in [0.25, 0.3) is 0 Å². The third-order valence-electron chi connectivity index (χ3n) is 1.08. The number of aldehydes is 1. The van der Waals surface area contributed by atoms with Crippen molar-refractivity contribution in [3.63, 3.8) is 0 Å². The quantitative estimate of drug-likeness (QED) is 0.272. The van der Waals surface area contributed by atoms with E-state index < -0.39 is 4.92 Å². The second kappa shape index (κ2) is 5.00. The summed E-state index contributed by atoms with van der Waals surface area (Å²) in [6, 6.07) is 0. The summed E-state index contributed by atoms with van der Waals surface area (Å²) in [5, 5.41) is 10.3. The van der Waals surface area contributed by atoms with Crippen LogP contribution in [0.2, 0.25) is 0 Å². The van der Waals surface area contributed by atoms with Gasteiger partial charge in [-0.25, -0.2) is 0 Å². The van der Waals surface area contributed by atoms with Gasteiger partial charge in [0, 0.05) is 13.5 Å². The van der Waals surface area contributed by atoms with E-state index in [1.54, 1.807) is 0 Å². The van der Waals surface area contributed by atoms with Crippen LogP contribution in [0.15, 0.2) is 16.4 Å². The Balaban J connectivity index is 4.78. The van der Waals surface area contributed by atoms with Gasteiger partial charge in [-0.05, 0) is 0 Å². The molecule has 6 nitrogen and oxygen atoms in total. The van der Waals surface area contributed by atoms with E-state index in [4.69, 9.17) is 5.73 Å². The average molecular weight is 171 g/mol. The van der Waals surface area contributed by atoms with E-state index in [1.165, 1.54) is 7.05 Å². The topological polar surface area (TPSA) is 98.6 Å². The fourth-order valence-electron chi connectivity index (χ4n) is 0.564. The molecule has 0 heterocycles. The molecule has 0 saturated carbocycles. The molecule has 0 aliphatic carbocycles. The molecule has 0 fully saturated rings. The number of hydrogen-bond donors (Lipinski definition) is 1. The van der Waals surface area contributed by atoms with Gasteiger partial charge >= 0.3 is 5.70 Å². The van der Waals surface area contributed by atoms with E-state index in [9.17, 15) is 14.9 Å². The number of rotatable bonds is 4. The lowest BCUT2D eigenvalue weighted by molar-refractivity contribution is -0.415. The van der Waals surface area contributed by atoms with Crippen LogP contribution in [0.25, 0.3) is 0 Å². The molecule has 0 radical (unpaired) electrons. The van der Waals surface area contributed by atoms with Gasteiger partial charge in [0.05, 0.1) is 10.6 Å². The lowest BCUT2D eigenvalue weighted by atomic mass is 10.3. The highest BCUT2D eigenvalue weighted by Crippen LogP contribution is 1.99. The van der Waals surface area contributed by atoms with Crippen LogP contribution in [-0.2, 0) is 4.79 Å². The molecule has 0 aliphatic heterocycles. The third-order valence-corrected chi connectivity index (χ3v) is 1.08. The van der Waals surface area contributed by atoms with Gasteiger partial charge < -0.3 is 10.5 Å². The van der Waals surface area contributed by atoms with Crippen LogP contribution in [-0.4, -0.2) is 24.5 Å². The molecule has 0 amide bonds. The molecule has 0 unspecified atom stereocenters. The summed E-state index contributed by atoms with van der Waals surface area (Å²) < 4.78 is 0. The first kappa shape index (κ1) is 10.3. The van der Waals surface area contributed by atoms with Crippen LogP contribution in [0.3, 0.4) is 0 Å². The van der Waals surface area contributed by atoms with Crippen LogP contribution in [0.1, 0.15) is 6.42 Å². The van der Waals surface area contributed by atoms with E-state index in [1.807, 2.05) is 0 Å². The van der Waals surface area contributed by atoms with Crippen molar-refractivity contribution < 1.29 is 9.72 Å². The highest BCUT2D eigenvalue weighted by Gasteiger charge is 2.12. The molecule has 0 atom stereocenters. The van der Waals surface area contributed by atoms with Gasteiger partial charge in [-0.3, -0.25) is 15.1 Å². The Morgan fingerprint density at radius 2 is 2.33 bits per heavy atom. The Morgan fingerprint density at radius 3 is 2.67 bits per heavy atom. The van der Waals surface area contributed by atoms with Gasteiger partial charge in [-0.15, -0.1) is 0 Å². The van der Waals surface area contributed by atoms with Gasteiger partial charge in [-0.1, -0.05) is 0 Å². The lowest BCUT2D eigenvalue weighted by Gasteiger charge is -1.94. The van der Waals surface area contributed by atoms with Crippen LogP contribution in [0.4, 0.5) is 0 Å². The predicted molar refractivity (Wildman–Crippen MR) is 43.3 cm³/mol. The molecule has 0 rings (SSSR count). The van der Waals surface area contributed by atoms with E-state index in [0.717, 1.165) is 6.21 Å². The minimum absolute atomic E-state index is 0.0828. The maximum absolute atomic E-state index is 10.3. The van der Waals surface area contributed by atoms with Gasteiger partial charge in [0.2, 0.25) is 0 Å². The van der Waals surface area contributed by atoms with Crippen LogP contribution < -0.4 is 5.73 Å². The Kier molecular flexibility index (Phi) is 4.28. The molecule has 0 aliphatic rings. The van der Waals surface area contributed by atoms with Crippen LogP contribution in [0.5, 0.6) is 0 Å². The predicted octanol–water partition coefficient (Wildman–Crippen LogP) is -0.277. The minimum Gasteiger partial charge on any atom is -0.396 e. The SMILES string of the molecule is CN=CC(=C(N)CC=O)[N+](=O)[O-]. The molecule has 6 heteroatoms. The molecule has 0 saturated heterocycles. The molecule has 0 aromatic carbocycles. The van der Waals surface area contributed by atoms with Crippen molar-refractivity contribution in [2.45, 2.75) is 6.42 Å². The molecular weight excluding hydrogens is 162 g/mol. The monoisotopic (exact) mass is 171 g/mol. The highest BCUT2D eigenvalue weighted by atomic mass is 16.6. The molecule has 12 heavy (non-hydrogen) atoms. The standard InChI is InChI=1S/C6H9N3O3/c1-8-4-6(9(11)12)5(7)2-3-10/h3-4H,2,7H2,1H3. The average Bonchev–Trinajstić information content (AvgIpc) is 1.99. The van der Waals surface area contributed by atoms with Crippen molar-refractivity contribution in [3.8, 4) is 0 Å². The number of carbonyl (C=O) groups excluding carboxylic acids is 1. The minimum atomic E-state index is -0.675. The maximum atomic E-state index is 10.3. The number of aliphatic imine (C=N–C) groups is 1. The van der Waals surface area contributed by atoms with Crippen LogP contribution in [0, 0.1) is 10.1 Å². The number of nitro groups is 1. The number of carbonyl (C=O) groups is 1. The van der Waals surface area contributed by atoms with E-state index >= 15 is 0 Å². The highest BCUT2D eigenvalue weighted by molar-refractivity contribution is 5.77. The first-order valence-electron chi connectivity index (χ1n) is 3.12. The first-order chi connectivity index (χ1) is 5.63. The molecule has 0 aromatic rings. The second-order valence-corrected chi connectivity index (χ2v) is 1.93. The second-order valence-electron chi connectivity index (χ2n) is 1.93. The fourth-order valence-corrected chi connectivity index (χ4v) is 0.564. The Hall–Kier alpha value is -1.72. The van der Waals surface area contributed by atoms with Gasteiger partial charge in [0.15, 0.2) is 0 Å². The first-order valence-corrected chi connectivity index (χ1v) is 3.12. The zero-order valence-electron chi connectivity index (χ0n) is 6.56. The summed E-state index contributed by atoms with van der Waals surface area (Å²) in [5.74, 6) is 0. The molecule has 0 aromatic heterocycles. The fraction of sp³-hybridized carbons (Fsp3) is 0.333. The largest absolute Gasteiger partial charge is 0.396 e. The Labute approximate surface area is 68.9 Å². The molecule has 2 N–H and O–H groups in total. The van der Waals surface area contributed by atoms with E-state index in [-0.39, 0.29) is 17.8 Å². The van der Waals surface area contributed by atoms with Crippen molar-refractivity contribution >= 4 is 12.5 Å². The summed E-state index contributed by atoms with van der Waals surface area (Å²) >= 11 is 0. The molecule has 0 spiro atoms. The summed E-state index contributed by atoms with van der Waals surface area (Å²) in [5.41, 5.74) is 4.82.